The highest BCUT2D eigenvalue weighted by atomic mass is 28.3. The number of hydrogen-bond acceptors (Lipinski definition) is 5. The first-order chi connectivity index (χ1) is 14.2. The molecule has 7 nitrogen and oxygen atoms in total. The summed E-state index contributed by atoms with van der Waals surface area (Å²) in [5.41, 5.74) is 2.59. The lowest BCUT2D eigenvalue weighted by Crippen LogP contribution is -2.55. The van der Waals surface area contributed by atoms with Crippen molar-refractivity contribution in [3.63, 3.8) is 0 Å². The Balaban J connectivity index is 1.65. The highest BCUT2D eigenvalue weighted by Gasteiger charge is 2.42. The number of rotatable bonds is 9. The number of piperidine rings is 1. The predicted molar refractivity (Wildman–Crippen MR) is 116 cm³/mol. The van der Waals surface area contributed by atoms with Crippen LogP contribution in [0.3, 0.4) is 0 Å². The topological polar surface area (TPSA) is 87.2 Å². The average molecular weight is 433 g/mol. The maximum Gasteiger partial charge on any atom is 0.255 e. The Kier molecular flexibility index (Phi) is 7.10. The molecule has 0 radical (unpaired) electrons. The highest BCUT2D eigenvalue weighted by Crippen LogP contribution is 2.30. The average Bonchev–Trinajstić information content (AvgIpc) is 3.00. The van der Waals surface area contributed by atoms with Crippen molar-refractivity contribution in [2.45, 2.75) is 64.0 Å². The van der Waals surface area contributed by atoms with E-state index in [-0.39, 0.29) is 37.5 Å². The zero-order chi connectivity index (χ0) is 21.9. The normalized spacial score (nSPS) is 19.6. The number of aryl methyl sites for hydroxylation is 1. The SMILES string of the molecule is C[Si](C)(C)CCOCN1C(=O)CCC(N2Cc3cc(CCCO)ccc3C2=O)C1=O. The van der Waals surface area contributed by atoms with Crippen LogP contribution in [0.25, 0.3) is 0 Å². The van der Waals surface area contributed by atoms with Crippen molar-refractivity contribution in [2.24, 2.45) is 0 Å². The van der Waals surface area contributed by atoms with Crippen molar-refractivity contribution in [1.29, 1.82) is 0 Å². The summed E-state index contributed by atoms with van der Waals surface area (Å²) in [6.45, 7) is 7.72. The molecule has 164 valence electrons. The van der Waals surface area contributed by atoms with E-state index in [2.05, 4.69) is 19.6 Å². The molecule has 1 atom stereocenters. The molecule has 1 aromatic carbocycles. The zero-order valence-corrected chi connectivity index (χ0v) is 19.1. The van der Waals surface area contributed by atoms with Gasteiger partial charge in [0.2, 0.25) is 5.91 Å². The fourth-order valence-electron chi connectivity index (χ4n) is 3.87. The molecule has 0 aliphatic carbocycles. The lowest BCUT2D eigenvalue weighted by Gasteiger charge is -2.35. The summed E-state index contributed by atoms with van der Waals surface area (Å²) in [6, 6.07) is 6.02. The first-order valence-electron chi connectivity index (χ1n) is 10.7. The van der Waals surface area contributed by atoms with Crippen LogP contribution in [-0.2, 0) is 27.3 Å². The molecule has 0 bridgehead atoms. The van der Waals surface area contributed by atoms with Gasteiger partial charge in [0.1, 0.15) is 12.8 Å². The first-order valence-corrected chi connectivity index (χ1v) is 14.4. The molecule has 1 fully saturated rings. The number of imide groups is 1. The second-order valence-electron chi connectivity index (χ2n) is 9.31. The third kappa shape index (κ3) is 5.17. The van der Waals surface area contributed by atoms with Crippen molar-refractivity contribution in [2.75, 3.05) is 19.9 Å². The van der Waals surface area contributed by atoms with Crippen LogP contribution in [0.5, 0.6) is 0 Å². The summed E-state index contributed by atoms with van der Waals surface area (Å²) >= 11 is 0. The fraction of sp³-hybridized carbons (Fsp3) is 0.591. The van der Waals surface area contributed by atoms with E-state index in [0.717, 1.165) is 23.6 Å². The molecule has 3 rings (SSSR count). The van der Waals surface area contributed by atoms with Gasteiger partial charge in [0, 0.05) is 39.8 Å². The van der Waals surface area contributed by atoms with Crippen LogP contribution in [0.1, 0.15) is 40.7 Å². The summed E-state index contributed by atoms with van der Waals surface area (Å²) in [6.07, 6.45) is 2.00. The van der Waals surface area contributed by atoms with E-state index in [1.807, 2.05) is 12.1 Å². The Morgan fingerprint density at radius 3 is 2.67 bits per heavy atom. The van der Waals surface area contributed by atoms with Crippen molar-refractivity contribution in [3.8, 4) is 0 Å². The summed E-state index contributed by atoms with van der Waals surface area (Å²) in [7, 11) is -1.25. The number of fused-ring (bicyclic) bond motifs is 1. The minimum atomic E-state index is -1.25. The monoisotopic (exact) mass is 432 g/mol. The Morgan fingerprint density at radius 1 is 1.20 bits per heavy atom. The molecule has 2 heterocycles. The lowest BCUT2D eigenvalue weighted by atomic mass is 10.0. The Hall–Kier alpha value is -2.03. The van der Waals surface area contributed by atoms with E-state index in [1.54, 1.807) is 11.0 Å². The van der Waals surface area contributed by atoms with Crippen LogP contribution >= 0.6 is 0 Å². The van der Waals surface area contributed by atoms with E-state index in [0.29, 0.717) is 31.6 Å². The van der Waals surface area contributed by atoms with Crippen LogP contribution in [0.15, 0.2) is 18.2 Å². The predicted octanol–water partition coefficient (Wildman–Crippen LogP) is 2.40. The molecular formula is C22H32N2O5Si. The molecule has 0 spiro atoms. The number of carbonyl (C=O) groups excluding carboxylic acids is 3. The van der Waals surface area contributed by atoms with Crippen molar-refractivity contribution < 1.29 is 24.2 Å². The molecule has 0 saturated carbocycles. The van der Waals surface area contributed by atoms with E-state index >= 15 is 0 Å². The second kappa shape index (κ2) is 9.41. The summed E-state index contributed by atoms with van der Waals surface area (Å²) < 4.78 is 5.64. The van der Waals surface area contributed by atoms with Gasteiger partial charge in [-0.05, 0) is 42.5 Å². The number of likely N-dealkylation sites (tertiary alicyclic amines) is 1. The lowest BCUT2D eigenvalue weighted by molar-refractivity contribution is -0.158. The van der Waals surface area contributed by atoms with Gasteiger partial charge in [-0.25, -0.2) is 0 Å². The second-order valence-corrected chi connectivity index (χ2v) is 14.9. The number of aliphatic hydroxyl groups excluding tert-OH is 1. The highest BCUT2D eigenvalue weighted by molar-refractivity contribution is 6.76. The van der Waals surface area contributed by atoms with E-state index in [9.17, 15) is 14.4 Å². The summed E-state index contributed by atoms with van der Waals surface area (Å²) in [5, 5.41) is 9.03. The smallest absolute Gasteiger partial charge is 0.255 e. The molecule has 2 aliphatic rings. The molecule has 8 heteroatoms. The van der Waals surface area contributed by atoms with Gasteiger partial charge in [-0.15, -0.1) is 0 Å². The molecule has 2 aliphatic heterocycles. The number of nitrogens with zero attached hydrogens (tertiary/aromatic N) is 2. The van der Waals surface area contributed by atoms with E-state index in [1.165, 1.54) is 4.90 Å². The minimum absolute atomic E-state index is 0.0427. The van der Waals surface area contributed by atoms with Crippen LogP contribution in [0.4, 0.5) is 0 Å². The molecule has 1 unspecified atom stereocenters. The van der Waals surface area contributed by atoms with Crippen LogP contribution in [0.2, 0.25) is 25.7 Å². The van der Waals surface area contributed by atoms with Gasteiger partial charge in [-0.2, -0.15) is 0 Å². The number of carbonyl (C=O) groups is 3. The van der Waals surface area contributed by atoms with Crippen LogP contribution in [-0.4, -0.2) is 66.7 Å². The number of amides is 3. The third-order valence-corrected chi connectivity index (χ3v) is 7.41. The van der Waals surface area contributed by atoms with Gasteiger partial charge >= 0.3 is 0 Å². The molecule has 30 heavy (non-hydrogen) atoms. The first kappa shape index (κ1) is 22.6. The van der Waals surface area contributed by atoms with E-state index < -0.39 is 14.1 Å². The largest absolute Gasteiger partial charge is 0.396 e. The fourth-order valence-corrected chi connectivity index (χ4v) is 4.62. The van der Waals surface area contributed by atoms with Crippen molar-refractivity contribution in [3.05, 3.63) is 34.9 Å². The van der Waals surface area contributed by atoms with Crippen LogP contribution in [0, 0.1) is 0 Å². The Bertz CT molecular complexity index is 820. The standard InChI is InChI=1S/C22H32N2O5Si/c1-30(2,3)12-11-29-15-24-20(26)9-8-19(22(24)28)23-14-17-13-16(5-4-10-25)6-7-18(17)21(23)27/h6-7,13,19,25H,4-5,8-12,14-15H2,1-3H3. The molecule has 1 aromatic rings. The number of aliphatic hydroxyl groups is 1. The van der Waals surface area contributed by atoms with Gasteiger partial charge in [-0.3, -0.25) is 19.3 Å². The van der Waals surface area contributed by atoms with Gasteiger partial charge in [0.25, 0.3) is 11.8 Å². The maximum atomic E-state index is 13.0. The molecule has 1 saturated heterocycles. The maximum absolute atomic E-state index is 13.0. The van der Waals surface area contributed by atoms with Crippen molar-refractivity contribution >= 4 is 25.8 Å². The molecule has 1 N–H and O–H groups in total. The Morgan fingerprint density at radius 2 is 1.97 bits per heavy atom. The zero-order valence-electron chi connectivity index (χ0n) is 18.1. The van der Waals surface area contributed by atoms with Gasteiger partial charge in [0.05, 0.1) is 0 Å². The molecule has 3 amide bonds. The third-order valence-electron chi connectivity index (χ3n) is 5.70. The number of ether oxygens (including phenoxy) is 1. The van der Waals surface area contributed by atoms with Crippen LogP contribution < -0.4 is 0 Å². The summed E-state index contributed by atoms with van der Waals surface area (Å²) in [4.78, 5) is 41.0. The number of benzene rings is 1. The van der Waals surface area contributed by atoms with Gasteiger partial charge < -0.3 is 14.7 Å². The van der Waals surface area contributed by atoms with E-state index in [4.69, 9.17) is 9.84 Å². The Labute approximate surface area is 179 Å². The van der Waals surface area contributed by atoms with Crippen molar-refractivity contribution in [1.82, 2.24) is 9.80 Å². The number of hydrogen-bond donors (Lipinski definition) is 1. The quantitative estimate of drug-likeness (QED) is 0.368. The van der Waals surface area contributed by atoms with Gasteiger partial charge in [0.15, 0.2) is 0 Å². The molecule has 0 aromatic heterocycles. The molecular weight excluding hydrogens is 400 g/mol. The van der Waals surface area contributed by atoms with Gasteiger partial charge in [-0.1, -0.05) is 31.8 Å². The minimum Gasteiger partial charge on any atom is -0.396 e. The summed E-state index contributed by atoms with van der Waals surface area (Å²) in [5.74, 6) is -0.744.